The molecule has 0 bridgehead atoms. The number of rotatable bonds is 72. The van der Waals surface area contributed by atoms with Crippen LogP contribution in [0, 0.1) is 39.9 Å². The molecule has 4 amide bonds. The van der Waals surface area contributed by atoms with Crippen molar-refractivity contribution in [3.63, 3.8) is 0 Å². The first kappa shape index (κ1) is 89.3. The summed E-state index contributed by atoms with van der Waals surface area (Å²) in [7, 11) is 0. The number of carbonyl (C=O) groups is 7. The maximum atomic E-state index is 12.7. The third-order valence-corrected chi connectivity index (χ3v) is 15.0. The van der Waals surface area contributed by atoms with Crippen molar-refractivity contribution in [3.05, 3.63) is 0 Å². The molecule has 527 valence electrons. The maximum absolute atomic E-state index is 12.7. The van der Waals surface area contributed by atoms with Gasteiger partial charge in [-0.15, -0.1) is 0 Å². The van der Waals surface area contributed by atoms with Crippen molar-refractivity contribution in [2.45, 2.75) is 219 Å². The molecule has 0 aromatic heterocycles. The first-order chi connectivity index (χ1) is 43.4. The van der Waals surface area contributed by atoms with Crippen molar-refractivity contribution in [2.75, 3.05) is 164 Å². The Morgan fingerprint density at radius 1 is 0.267 bits per heavy atom. The predicted octanol–water partition coefficient (Wildman–Crippen LogP) is 4.23. The number of nitrogens with zero attached hydrogens (tertiary/aromatic N) is 3. The van der Waals surface area contributed by atoms with Crippen LogP contribution < -0.4 is 36.6 Å². The van der Waals surface area contributed by atoms with Crippen molar-refractivity contribution < 1.29 is 117 Å². The molecule has 24 heteroatoms. The van der Waals surface area contributed by atoms with E-state index in [0.717, 1.165) is 25.7 Å². The Morgan fingerprint density at radius 2 is 0.467 bits per heavy atom. The first-order valence-electron chi connectivity index (χ1n) is 34.7. The molecule has 0 fully saturated rings. The summed E-state index contributed by atoms with van der Waals surface area (Å²) in [4.78, 5) is 88.3. The van der Waals surface area contributed by atoms with E-state index < -0.39 is 49.4 Å². The topological polar surface area (TPSA) is 302 Å². The molecule has 0 aliphatic carbocycles. The average Bonchev–Trinajstić information content (AvgIpc) is 3.61. The fourth-order valence-electron chi connectivity index (χ4n) is 9.95. The van der Waals surface area contributed by atoms with Crippen LogP contribution in [0.15, 0.2) is 0 Å². The van der Waals surface area contributed by atoms with E-state index in [1.807, 2.05) is 0 Å². The molecular weight excluding hydrogens is 1300 g/mol. The van der Waals surface area contributed by atoms with Crippen molar-refractivity contribution in [1.82, 2.24) is 36.0 Å². The standard InChI is InChI=1S/C66H127N7O16.Gd/c1-3-5-7-9-11-13-15-17-19-21-23-25-27-29-31-33-60(74)67-35-43-84-47-51-88-53-49-86-45-37-69-62(76)55-72(58-65(80)81)41-39-71(57-64(78)79)40-42-73(59-66(82)83)56-63(77)70-38-46-87-50-54-89-52-48-85-44-36-68-61(75)34-32-30-28-26-24-22-20-18-16-14-12-10-8-6-4-2;/h3-59H2,1-2H3,(H,67,74)(H,68,75)(H,69,76)(H,70,77)(H,78,79)(H,80,81)(H,82,83);/q;+3/p-3. The number of aliphatic carboxylic acids is 3. The summed E-state index contributed by atoms with van der Waals surface area (Å²) in [6.45, 7) is 6.53. The van der Waals surface area contributed by atoms with Crippen molar-refractivity contribution in [2.24, 2.45) is 0 Å². The Hall–Kier alpha value is -2.75. The smallest absolute Gasteiger partial charge is 0.549 e. The summed E-state index contributed by atoms with van der Waals surface area (Å²) in [5.74, 6) is -5.26. The molecule has 0 spiro atoms. The second kappa shape index (κ2) is 70.6. The molecule has 0 unspecified atom stereocenters. The van der Waals surface area contributed by atoms with E-state index in [4.69, 9.17) is 28.4 Å². The fourth-order valence-corrected chi connectivity index (χ4v) is 9.95. The van der Waals surface area contributed by atoms with Crippen LogP contribution in [0.25, 0.3) is 0 Å². The Bertz CT molecular complexity index is 1590. The van der Waals surface area contributed by atoms with E-state index in [9.17, 15) is 48.9 Å². The number of hydrogen-bond donors (Lipinski definition) is 4. The number of amides is 4. The number of unbranched alkanes of at least 4 members (excludes halogenated alkanes) is 28. The minimum atomic E-state index is -1.45. The summed E-state index contributed by atoms with van der Waals surface area (Å²) in [6.07, 6.45) is 39.7. The molecule has 4 N–H and O–H groups in total. The third-order valence-electron chi connectivity index (χ3n) is 15.0. The van der Waals surface area contributed by atoms with Gasteiger partial charge in [0.1, 0.15) is 0 Å². The number of carbonyl (C=O) groups excluding carboxylic acids is 7. The Morgan fingerprint density at radius 3 is 0.711 bits per heavy atom. The van der Waals surface area contributed by atoms with Gasteiger partial charge >= 0.3 is 39.9 Å². The van der Waals surface area contributed by atoms with Gasteiger partial charge in [-0.05, 0) is 12.8 Å². The molecular formula is C66H124GdN7O16. The average molecular weight is 1430 g/mol. The van der Waals surface area contributed by atoms with Gasteiger partial charge in [0.05, 0.1) is 110 Å². The second-order valence-corrected chi connectivity index (χ2v) is 23.3. The minimum absolute atomic E-state index is 0. The predicted molar refractivity (Wildman–Crippen MR) is 340 cm³/mol. The molecule has 0 rings (SSSR count). The number of ether oxygens (including phenoxy) is 6. The summed E-state index contributed by atoms with van der Waals surface area (Å²) in [5.41, 5.74) is 0. The van der Waals surface area contributed by atoms with Gasteiger partial charge in [0, 0.05) is 84.8 Å². The Kier molecular flexibility index (Phi) is 70.0. The Labute approximate surface area is 574 Å². The van der Waals surface area contributed by atoms with E-state index >= 15 is 0 Å². The van der Waals surface area contributed by atoms with Crippen LogP contribution in [0.1, 0.15) is 219 Å². The molecule has 0 aromatic carbocycles. The number of nitrogens with one attached hydrogen (secondary N) is 4. The maximum Gasteiger partial charge on any atom is 3.00 e. The molecule has 0 heterocycles. The van der Waals surface area contributed by atoms with Crippen LogP contribution in [0.3, 0.4) is 0 Å². The molecule has 0 saturated heterocycles. The van der Waals surface area contributed by atoms with Gasteiger partial charge in [-0.2, -0.15) is 0 Å². The van der Waals surface area contributed by atoms with E-state index in [0.29, 0.717) is 78.8 Å². The molecule has 0 aliphatic rings. The van der Waals surface area contributed by atoms with E-state index in [1.54, 1.807) is 0 Å². The van der Waals surface area contributed by atoms with Crippen LogP contribution in [-0.2, 0) is 62.0 Å². The van der Waals surface area contributed by atoms with Gasteiger partial charge in [-0.3, -0.25) is 33.9 Å². The van der Waals surface area contributed by atoms with E-state index in [2.05, 4.69) is 35.1 Å². The van der Waals surface area contributed by atoms with Gasteiger partial charge in [0.25, 0.3) is 0 Å². The zero-order valence-corrected chi connectivity index (χ0v) is 58.3. The van der Waals surface area contributed by atoms with Crippen LogP contribution >= 0.6 is 0 Å². The molecule has 0 atom stereocenters. The normalized spacial score (nSPS) is 11.3. The van der Waals surface area contributed by atoms with Crippen LogP contribution in [0.4, 0.5) is 0 Å². The summed E-state index contributed by atoms with van der Waals surface area (Å²) in [5, 5.41) is 45.8. The van der Waals surface area contributed by atoms with Crippen LogP contribution in [0.2, 0.25) is 0 Å². The molecule has 1 radical (unpaired) electrons. The Balaban J connectivity index is 0. The summed E-state index contributed by atoms with van der Waals surface area (Å²) >= 11 is 0. The molecule has 0 aliphatic heterocycles. The minimum Gasteiger partial charge on any atom is -0.549 e. The van der Waals surface area contributed by atoms with Gasteiger partial charge < -0.3 is 79.4 Å². The van der Waals surface area contributed by atoms with E-state index in [1.165, 1.54) is 182 Å². The zero-order valence-electron chi connectivity index (χ0n) is 56.0. The molecule has 0 saturated carbocycles. The largest absolute Gasteiger partial charge is 3.00 e. The van der Waals surface area contributed by atoms with E-state index in [-0.39, 0.29) is 131 Å². The zero-order chi connectivity index (χ0) is 65.1. The van der Waals surface area contributed by atoms with Crippen LogP contribution in [-0.4, -0.2) is 221 Å². The number of carboxylic acid groups (broad SMARTS) is 3. The van der Waals surface area contributed by atoms with Crippen molar-refractivity contribution in [1.29, 1.82) is 0 Å². The molecule has 90 heavy (non-hydrogen) atoms. The van der Waals surface area contributed by atoms with Crippen molar-refractivity contribution in [3.8, 4) is 0 Å². The van der Waals surface area contributed by atoms with Gasteiger partial charge in [0.2, 0.25) is 23.6 Å². The third kappa shape index (κ3) is 69.6. The number of carboxylic acids is 3. The van der Waals surface area contributed by atoms with Gasteiger partial charge in [-0.25, -0.2) is 0 Å². The summed E-state index contributed by atoms with van der Waals surface area (Å²) in [6, 6.07) is 0. The fraction of sp³-hybridized carbons (Fsp3) is 0.894. The van der Waals surface area contributed by atoms with Crippen molar-refractivity contribution >= 4 is 41.5 Å². The second-order valence-electron chi connectivity index (χ2n) is 23.3. The SMILES string of the molecule is CCCCCCCCCCCCCCCCCC(=O)NCCOCCOCCOCCNC(=O)CN(CCN(CCN(CC(=O)[O-])CC(=O)NCCOCCOCCOCCNC(=O)CCCCCCCCCCCCCCCCC)CC(=O)[O-])CC(=O)[O-].[Gd+3]. The first-order valence-corrected chi connectivity index (χ1v) is 34.7. The molecule has 0 aromatic rings. The van der Waals surface area contributed by atoms with Gasteiger partial charge in [0.15, 0.2) is 0 Å². The molecule has 23 nitrogen and oxygen atoms in total. The summed E-state index contributed by atoms with van der Waals surface area (Å²) < 4.78 is 33.1. The monoisotopic (exact) mass is 1430 g/mol. The van der Waals surface area contributed by atoms with Gasteiger partial charge in [-0.1, -0.05) is 194 Å². The quantitative estimate of drug-likeness (QED) is 0.0620. The van der Waals surface area contributed by atoms with Crippen LogP contribution in [0.5, 0.6) is 0 Å². The number of hydrogen-bond acceptors (Lipinski definition) is 19.